The number of nitrogens with zero attached hydrogens (tertiary/aromatic N) is 4. The van der Waals surface area contributed by atoms with Crippen LogP contribution in [0.5, 0.6) is 0 Å². The molecule has 2 aromatic heterocycles. The van der Waals surface area contributed by atoms with Crippen LogP contribution in [-0.2, 0) is 0 Å². The molecule has 100 valence electrons. The third-order valence-corrected chi connectivity index (χ3v) is 3.43. The monoisotopic (exact) mass is 260 g/mol. The molecule has 6 heteroatoms. The fourth-order valence-electron chi connectivity index (χ4n) is 2.53. The highest BCUT2D eigenvalue weighted by atomic mass is 16.4. The van der Waals surface area contributed by atoms with Crippen molar-refractivity contribution in [2.24, 2.45) is 0 Å². The first-order valence-corrected chi connectivity index (χ1v) is 6.51. The van der Waals surface area contributed by atoms with Crippen molar-refractivity contribution in [2.45, 2.75) is 26.2 Å². The molecule has 19 heavy (non-hydrogen) atoms. The lowest BCUT2D eigenvalue weighted by Crippen LogP contribution is -2.31. The van der Waals surface area contributed by atoms with Crippen LogP contribution in [0.2, 0.25) is 0 Å². The first kappa shape index (κ1) is 12.0. The van der Waals surface area contributed by atoms with Crippen molar-refractivity contribution < 1.29 is 9.90 Å². The molecule has 2 aromatic rings. The Balaban J connectivity index is 2.16. The maximum Gasteiger partial charge on any atom is 0.354 e. The predicted octanol–water partition coefficient (Wildman–Crippen LogP) is 1.73. The summed E-state index contributed by atoms with van der Waals surface area (Å²) < 4.78 is 1.74. The molecule has 0 unspecified atom stereocenters. The number of aryl methyl sites for hydroxylation is 1. The van der Waals surface area contributed by atoms with E-state index in [1.165, 1.54) is 6.42 Å². The number of hydrogen-bond donors (Lipinski definition) is 1. The maximum absolute atomic E-state index is 11.2. The van der Waals surface area contributed by atoms with Crippen LogP contribution in [0.1, 0.15) is 35.4 Å². The number of aromatic carboxylic acids is 1. The van der Waals surface area contributed by atoms with E-state index in [2.05, 4.69) is 15.0 Å². The van der Waals surface area contributed by atoms with Gasteiger partial charge in [-0.05, 0) is 26.2 Å². The Morgan fingerprint density at radius 3 is 2.68 bits per heavy atom. The summed E-state index contributed by atoms with van der Waals surface area (Å²) in [6.45, 7) is 3.77. The van der Waals surface area contributed by atoms with Crippen LogP contribution in [0.4, 0.5) is 5.82 Å². The Hall–Kier alpha value is -2.11. The molecule has 0 amide bonds. The molecule has 1 saturated heterocycles. The van der Waals surface area contributed by atoms with Gasteiger partial charge in [-0.3, -0.25) is 0 Å². The number of hydrogen-bond acceptors (Lipinski definition) is 4. The van der Waals surface area contributed by atoms with Gasteiger partial charge in [0, 0.05) is 25.2 Å². The number of carbonyl (C=O) groups is 1. The van der Waals surface area contributed by atoms with E-state index in [-0.39, 0.29) is 5.69 Å². The molecule has 3 rings (SSSR count). The van der Waals surface area contributed by atoms with Crippen molar-refractivity contribution in [3.63, 3.8) is 0 Å². The van der Waals surface area contributed by atoms with Crippen molar-refractivity contribution in [3.8, 4) is 0 Å². The average molecular weight is 260 g/mol. The maximum atomic E-state index is 11.2. The molecule has 0 spiro atoms. The summed E-state index contributed by atoms with van der Waals surface area (Å²) in [5, 5.41) is 13.6. The third-order valence-electron chi connectivity index (χ3n) is 3.43. The number of piperidine rings is 1. The molecule has 0 aliphatic carbocycles. The second-order valence-corrected chi connectivity index (χ2v) is 4.91. The van der Waals surface area contributed by atoms with Gasteiger partial charge in [0.25, 0.3) is 0 Å². The Kier molecular flexibility index (Phi) is 2.85. The van der Waals surface area contributed by atoms with Crippen LogP contribution >= 0.6 is 0 Å². The molecule has 1 aliphatic rings. The van der Waals surface area contributed by atoms with E-state index in [0.717, 1.165) is 37.4 Å². The molecule has 1 N–H and O–H groups in total. The zero-order valence-corrected chi connectivity index (χ0v) is 10.8. The lowest BCUT2D eigenvalue weighted by molar-refractivity contribution is 0.0690. The highest BCUT2D eigenvalue weighted by molar-refractivity contribution is 5.87. The Bertz CT molecular complexity index is 629. The first-order chi connectivity index (χ1) is 9.15. The molecular formula is C13H16N4O2. The molecule has 1 fully saturated rings. The zero-order valence-electron chi connectivity index (χ0n) is 10.8. The summed E-state index contributed by atoms with van der Waals surface area (Å²) >= 11 is 0. The Morgan fingerprint density at radius 1 is 1.26 bits per heavy atom. The van der Waals surface area contributed by atoms with Gasteiger partial charge >= 0.3 is 5.97 Å². The van der Waals surface area contributed by atoms with Gasteiger partial charge < -0.3 is 10.0 Å². The van der Waals surface area contributed by atoms with E-state index < -0.39 is 5.97 Å². The normalized spacial score (nSPS) is 15.9. The lowest BCUT2D eigenvalue weighted by atomic mass is 10.1. The molecule has 0 atom stereocenters. The standard InChI is InChI=1S/C13H16N4O2/c1-9-7-11-14-10(13(18)19)8-12(17(11)15-9)16-5-3-2-4-6-16/h7-8H,2-6H2,1H3,(H,18,19). The molecule has 0 bridgehead atoms. The molecule has 3 heterocycles. The van der Waals surface area contributed by atoms with E-state index >= 15 is 0 Å². The highest BCUT2D eigenvalue weighted by Crippen LogP contribution is 2.22. The lowest BCUT2D eigenvalue weighted by Gasteiger charge is -2.28. The highest BCUT2D eigenvalue weighted by Gasteiger charge is 2.18. The smallest absolute Gasteiger partial charge is 0.354 e. The third kappa shape index (κ3) is 2.14. The number of aromatic nitrogens is 3. The van der Waals surface area contributed by atoms with Crippen LogP contribution in [0, 0.1) is 6.92 Å². The summed E-state index contributed by atoms with van der Waals surface area (Å²) in [5.41, 5.74) is 1.51. The van der Waals surface area contributed by atoms with Crippen molar-refractivity contribution in [2.75, 3.05) is 18.0 Å². The molecule has 0 radical (unpaired) electrons. The molecular weight excluding hydrogens is 244 g/mol. The first-order valence-electron chi connectivity index (χ1n) is 6.51. The van der Waals surface area contributed by atoms with Crippen LogP contribution in [0.15, 0.2) is 12.1 Å². The van der Waals surface area contributed by atoms with Gasteiger partial charge in [-0.2, -0.15) is 9.61 Å². The minimum Gasteiger partial charge on any atom is -0.477 e. The van der Waals surface area contributed by atoms with Crippen LogP contribution in [0.25, 0.3) is 5.65 Å². The van der Waals surface area contributed by atoms with Crippen LogP contribution in [0.3, 0.4) is 0 Å². The van der Waals surface area contributed by atoms with Crippen molar-refractivity contribution in [1.82, 2.24) is 14.6 Å². The quantitative estimate of drug-likeness (QED) is 0.890. The fourth-order valence-corrected chi connectivity index (χ4v) is 2.53. The van der Waals surface area contributed by atoms with Crippen molar-refractivity contribution in [1.29, 1.82) is 0 Å². The summed E-state index contributed by atoms with van der Waals surface area (Å²) in [5.74, 6) is -0.171. The van der Waals surface area contributed by atoms with Gasteiger partial charge in [-0.15, -0.1) is 0 Å². The van der Waals surface area contributed by atoms with Crippen LogP contribution in [-0.4, -0.2) is 38.8 Å². The minimum atomic E-state index is -1.00. The summed E-state index contributed by atoms with van der Waals surface area (Å²) in [6.07, 6.45) is 3.49. The van der Waals surface area contributed by atoms with E-state index in [0.29, 0.717) is 5.65 Å². The van der Waals surface area contributed by atoms with Crippen molar-refractivity contribution in [3.05, 3.63) is 23.5 Å². The average Bonchev–Trinajstić information content (AvgIpc) is 2.78. The second kappa shape index (κ2) is 4.53. The second-order valence-electron chi connectivity index (χ2n) is 4.91. The minimum absolute atomic E-state index is 0.0768. The zero-order chi connectivity index (χ0) is 13.4. The van der Waals surface area contributed by atoms with Crippen molar-refractivity contribution >= 4 is 17.4 Å². The van der Waals surface area contributed by atoms with Gasteiger partial charge in [-0.1, -0.05) is 0 Å². The molecule has 0 aromatic carbocycles. The largest absolute Gasteiger partial charge is 0.477 e. The number of carboxylic acids is 1. The molecule has 1 aliphatic heterocycles. The van der Waals surface area contributed by atoms with Gasteiger partial charge in [0.2, 0.25) is 0 Å². The topological polar surface area (TPSA) is 70.7 Å². The SMILES string of the molecule is Cc1cc2nc(C(=O)O)cc(N3CCCCC3)n2n1. The molecule has 6 nitrogen and oxygen atoms in total. The fraction of sp³-hybridized carbons (Fsp3) is 0.462. The van der Waals surface area contributed by atoms with Gasteiger partial charge in [0.15, 0.2) is 11.3 Å². The summed E-state index contributed by atoms with van der Waals surface area (Å²) in [7, 11) is 0. The van der Waals surface area contributed by atoms with Gasteiger partial charge in [-0.25, -0.2) is 9.78 Å². The number of fused-ring (bicyclic) bond motifs is 1. The Morgan fingerprint density at radius 2 is 2.00 bits per heavy atom. The van der Waals surface area contributed by atoms with Gasteiger partial charge in [0.05, 0.1) is 5.69 Å². The number of anilines is 1. The molecule has 0 saturated carbocycles. The van der Waals surface area contributed by atoms with E-state index in [1.54, 1.807) is 16.6 Å². The predicted molar refractivity (Wildman–Crippen MR) is 70.7 cm³/mol. The Labute approximate surface area is 110 Å². The van der Waals surface area contributed by atoms with E-state index in [4.69, 9.17) is 5.11 Å². The van der Waals surface area contributed by atoms with Gasteiger partial charge in [0.1, 0.15) is 5.82 Å². The van der Waals surface area contributed by atoms with Crippen LogP contribution < -0.4 is 4.90 Å². The van der Waals surface area contributed by atoms with E-state index in [1.807, 2.05) is 6.92 Å². The number of carboxylic acid groups (broad SMARTS) is 1. The van der Waals surface area contributed by atoms with E-state index in [9.17, 15) is 4.79 Å². The summed E-state index contributed by atoms with van der Waals surface area (Å²) in [6, 6.07) is 3.42. The number of rotatable bonds is 2. The summed E-state index contributed by atoms with van der Waals surface area (Å²) in [4.78, 5) is 17.5.